The van der Waals surface area contributed by atoms with E-state index in [-0.39, 0.29) is 5.91 Å². The van der Waals surface area contributed by atoms with E-state index >= 15 is 0 Å². The second-order valence-electron chi connectivity index (χ2n) is 4.59. The number of halogens is 1. The standard InChI is InChI=1S/C13H18ClN3O/c14-10-6-8-16-12(9-10)17-13(18)5-4-11-3-1-2-7-15-11/h6,8-9,11,15H,1-5,7H2,(H,16,17,18). The molecule has 18 heavy (non-hydrogen) atoms. The van der Waals surface area contributed by atoms with Crippen LogP contribution in [0, 0.1) is 0 Å². The average Bonchev–Trinajstić information content (AvgIpc) is 2.38. The molecule has 1 aliphatic rings. The van der Waals surface area contributed by atoms with Gasteiger partial charge in [0.25, 0.3) is 0 Å². The number of carbonyl (C=O) groups is 1. The summed E-state index contributed by atoms with van der Waals surface area (Å²) in [6.45, 7) is 1.07. The van der Waals surface area contributed by atoms with Crippen molar-refractivity contribution in [3.8, 4) is 0 Å². The molecule has 1 fully saturated rings. The van der Waals surface area contributed by atoms with Crippen LogP contribution < -0.4 is 10.6 Å². The topological polar surface area (TPSA) is 54.0 Å². The fourth-order valence-corrected chi connectivity index (χ4v) is 2.31. The van der Waals surface area contributed by atoms with E-state index in [0.717, 1.165) is 13.0 Å². The third-order valence-corrected chi connectivity index (χ3v) is 3.36. The number of hydrogen-bond acceptors (Lipinski definition) is 3. The van der Waals surface area contributed by atoms with Crippen LogP contribution in [0.2, 0.25) is 5.02 Å². The van der Waals surface area contributed by atoms with Gasteiger partial charge in [-0.1, -0.05) is 18.0 Å². The molecule has 1 aromatic rings. The molecule has 1 aromatic heterocycles. The molecule has 2 heterocycles. The summed E-state index contributed by atoms with van der Waals surface area (Å²) >= 11 is 5.83. The van der Waals surface area contributed by atoms with Crippen LogP contribution in [-0.4, -0.2) is 23.5 Å². The summed E-state index contributed by atoms with van der Waals surface area (Å²) in [5, 5.41) is 6.77. The highest BCUT2D eigenvalue weighted by Crippen LogP contribution is 2.14. The van der Waals surface area contributed by atoms with Crippen molar-refractivity contribution < 1.29 is 4.79 Å². The van der Waals surface area contributed by atoms with Gasteiger partial charge in [0.1, 0.15) is 5.82 Å². The second-order valence-corrected chi connectivity index (χ2v) is 5.03. The lowest BCUT2D eigenvalue weighted by Gasteiger charge is -2.22. The first-order valence-electron chi connectivity index (χ1n) is 6.39. The Bertz CT molecular complexity index is 405. The van der Waals surface area contributed by atoms with Gasteiger partial charge >= 0.3 is 0 Å². The van der Waals surface area contributed by atoms with Crippen LogP contribution in [0.15, 0.2) is 18.3 Å². The molecule has 0 radical (unpaired) electrons. The summed E-state index contributed by atoms with van der Waals surface area (Å²) in [7, 11) is 0. The monoisotopic (exact) mass is 267 g/mol. The number of pyridine rings is 1. The predicted octanol–water partition coefficient (Wildman–Crippen LogP) is 2.60. The zero-order valence-electron chi connectivity index (χ0n) is 10.3. The molecule has 0 saturated carbocycles. The molecule has 0 aromatic carbocycles. The molecule has 1 unspecified atom stereocenters. The Labute approximate surface area is 112 Å². The zero-order chi connectivity index (χ0) is 12.8. The van der Waals surface area contributed by atoms with Crippen molar-refractivity contribution in [2.24, 2.45) is 0 Å². The smallest absolute Gasteiger partial charge is 0.225 e. The van der Waals surface area contributed by atoms with Crippen LogP contribution >= 0.6 is 11.6 Å². The predicted molar refractivity (Wildman–Crippen MR) is 72.8 cm³/mol. The van der Waals surface area contributed by atoms with Gasteiger partial charge < -0.3 is 10.6 Å². The lowest BCUT2D eigenvalue weighted by atomic mass is 10.0. The van der Waals surface area contributed by atoms with Crippen LogP contribution in [0.4, 0.5) is 5.82 Å². The highest BCUT2D eigenvalue weighted by molar-refractivity contribution is 6.30. The summed E-state index contributed by atoms with van der Waals surface area (Å²) in [5.74, 6) is 0.515. The molecule has 0 aliphatic carbocycles. The van der Waals surface area contributed by atoms with Gasteiger partial charge in [-0.2, -0.15) is 0 Å². The van der Waals surface area contributed by atoms with Crippen LogP contribution in [0.25, 0.3) is 0 Å². The maximum atomic E-state index is 11.7. The van der Waals surface area contributed by atoms with Gasteiger partial charge in [0.2, 0.25) is 5.91 Å². The fraction of sp³-hybridized carbons (Fsp3) is 0.538. The number of aromatic nitrogens is 1. The Balaban J connectivity index is 1.74. The maximum absolute atomic E-state index is 11.7. The van der Waals surface area contributed by atoms with Gasteiger partial charge in [-0.3, -0.25) is 4.79 Å². The molecule has 98 valence electrons. The number of amides is 1. The third kappa shape index (κ3) is 4.27. The molecule has 1 aliphatic heterocycles. The first-order valence-corrected chi connectivity index (χ1v) is 6.76. The number of nitrogens with zero attached hydrogens (tertiary/aromatic N) is 1. The number of carbonyl (C=O) groups excluding carboxylic acids is 1. The molecule has 4 nitrogen and oxygen atoms in total. The van der Waals surface area contributed by atoms with Crippen molar-refractivity contribution in [2.75, 3.05) is 11.9 Å². The highest BCUT2D eigenvalue weighted by Gasteiger charge is 2.14. The lowest BCUT2D eigenvalue weighted by Crippen LogP contribution is -2.34. The molecule has 2 rings (SSSR count). The highest BCUT2D eigenvalue weighted by atomic mass is 35.5. The normalized spacial score (nSPS) is 19.5. The quantitative estimate of drug-likeness (QED) is 0.882. The first-order chi connectivity index (χ1) is 8.74. The van der Waals surface area contributed by atoms with Crippen molar-refractivity contribution in [3.05, 3.63) is 23.4 Å². The Morgan fingerprint density at radius 1 is 1.56 bits per heavy atom. The van der Waals surface area contributed by atoms with Gasteiger partial charge in [0, 0.05) is 23.7 Å². The van der Waals surface area contributed by atoms with Crippen LogP contribution in [-0.2, 0) is 4.79 Å². The van der Waals surface area contributed by atoms with Crippen LogP contribution in [0.1, 0.15) is 32.1 Å². The molecule has 0 spiro atoms. The molecular formula is C13H18ClN3O. The number of rotatable bonds is 4. The van der Waals surface area contributed by atoms with Gasteiger partial charge in [-0.25, -0.2) is 4.98 Å². The molecule has 1 saturated heterocycles. The Hall–Kier alpha value is -1.13. The Morgan fingerprint density at radius 3 is 3.17 bits per heavy atom. The molecule has 1 amide bonds. The molecule has 0 bridgehead atoms. The minimum atomic E-state index is -0.00265. The summed E-state index contributed by atoms with van der Waals surface area (Å²) in [6, 6.07) is 3.82. The maximum Gasteiger partial charge on any atom is 0.225 e. The third-order valence-electron chi connectivity index (χ3n) is 3.12. The van der Waals surface area contributed by atoms with Crippen LogP contribution in [0.3, 0.4) is 0 Å². The SMILES string of the molecule is O=C(CCC1CCCCN1)Nc1cc(Cl)ccn1. The van der Waals surface area contributed by atoms with E-state index in [9.17, 15) is 4.79 Å². The zero-order valence-corrected chi connectivity index (χ0v) is 11.0. The summed E-state index contributed by atoms with van der Waals surface area (Å²) < 4.78 is 0. The van der Waals surface area contributed by atoms with Crippen molar-refractivity contribution in [1.29, 1.82) is 0 Å². The minimum absolute atomic E-state index is 0.00265. The van der Waals surface area contributed by atoms with E-state index in [0.29, 0.717) is 23.3 Å². The number of piperidine rings is 1. The summed E-state index contributed by atoms with van der Waals surface area (Å²) in [4.78, 5) is 15.8. The van der Waals surface area contributed by atoms with E-state index in [1.165, 1.54) is 19.3 Å². The Morgan fingerprint density at radius 2 is 2.44 bits per heavy atom. The van der Waals surface area contributed by atoms with Gasteiger partial charge in [-0.05, 0) is 37.9 Å². The van der Waals surface area contributed by atoms with E-state index in [1.54, 1.807) is 18.3 Å². The largest absolute Gasteiger partial charge is 0.314 e. The molecule has 5 heteroatoms. The molecule has 1 atom stereocenters. The summed E-state index contributed by atoms with van der Waals surface area (Å²) in [6.07, 6.45) is 6.66. The van der Waals surface area contributed by atoms with E-state index in [2.05, 4.69) is 15.6 Å². The number of hydrogen-bond donors (Lipinski definition) is 2. The number of anilines is 1. The van der Waals surface area contributed by atoms with Crippen molar-refractivity contribution in [2.45, 2.75) is 38.1 Å². The first kappa shape index (κ1) is 13.3. The lowest BCUT2D eigenvalue weighted by molar-refractivity contribution is -0.116. The average molecular weight is 268 g/mol. The van der Waals surface area contributed by atoms with E-state index in [4.69, 9.17) is 11.6 Å². The fourth-order valence-electron chi connectivity index (χ4n) is 2.15. The van der Waals surface area contributed by atoms with E-state index < -0.39 is 0 Å². The minimum Gasteiger partial charge on any atom is -0.314 e. The second kappa shape index (κ2) is 6.71. The van der Waals surface area contributed by atoms with Crippen molar-refractivity contribution in [3.63, 3.8) is 0 Å². The van der Waals surface area contributed by atoms with Crippen molar-refractivity contribution in [1.82, 2.24) is 10.3 Å². The van der Waals surface area contributed by atoms with Crippen LogP contribution in [0.5, 0.6) is 0 Å². The molecule has 2 N–H and O–H groups in total. The van der Waals surface area contributed by atoms with Gasteiger partial charge in [-0.15, -0.1) is 0 Å². The van der Waals surface area contributed by atoms with Gasteiger partial charge in [0.05, 0.1) is 0 Å². The van der Waals surface area contributed by atoms with E-state index in [1.807, 2.05) is 0 Å². The Kier molecular flexibility index (Phi) is 4.96. The molecular weight excluding hydrogens is 250 g/mol. The number of nitrogens with one attached hydrogen (secondary N) is 2. The van der Waals surface area contributed by atoms with Crippen molar-refractivity contribution >= 4 is 23.3 Å². The van der Waals surface area contributed by atoms with Gasteiger partial charge in [0.15, 0.2) is 0 Å². The summed E-state index contributed by atoms with van der Waals surface area (Å²) in [5.41, 5.74) is 0.